The second-order valence-corrected chi connectivity index (χ2v) is 8.61. The quantitative estimate of drug-likeness (QED) is 0.783. The second-order valence-electron chi connectivity index (χ2n) is 8.61. The minimum absolute atomic E-state index is 0.00835. The van der Waals surface area contributed by atoms with Gasteiger partial charge in [-0.3, -0.25) is 9.59 Å². The first kappa shape index (κ1) is 17.3. The highest BCUT2D eigenvalue weighted by molar-refractivity contribution is 5.76. The average Bonchev–Trinajstić information content (AvgIpc) is 2.71. The molecule has 2 saturated carbocycles. The Morgan fingerprint density at radius 3 is 2.36 bits per heavy atom. The molecule has 126 valence electrons. The fraction of sp³-hybridized carbons (Fsp3) is 0.889. The van der Waals surface area contributed by atoms with Gasteiger partial charge in [0.25, 0.3) is 0 Å². The summed E-state index contributed by atoms with van der Waals surface area (Å²) in [6, 6.07) is 0. The van der Waals surface area contributed by atoms with Crippen molar-refractivity contribution < 1.29 is 19.4 Å². The topological polar surface area (TPSA) is 63.6 Å². The smallest absolute Gasteiger partial charge is 0.311 e. The zero-order valence-corrected chi connectivity index (χ0v) is 14.7. The van der Waals surface area contributed by atoms with Crippen molar-refractivity contribution in [2.45, 2.75) is 73.3 Å². The van der Waals surface area contributed by atoms with Crippen LogP contribution in [0.1, 0.15) is 67.2 Å². The van der Waals surface area contributed by atoms with E-state index >= 15 is 0 Å². The van der Waals surface area contributed by atoms with Crippen LogP contribution in [0, 0.1) is 28.1 Å². The fourth-order valence-electron chi connectivity index (χ4n) is 4.59. The lowest BCUT2D eigenvalue weighted by Crippen LogP contribution is -2.43. The summed E-state index contributed by atoms with van der Waals surface area (Å²) in [5, 5.41) is 9.27. The Morgan fingerprint density at radius 1 is 1.27 bits per heavy atom. The van der Waals surface area contributed by atoms with Crippen molar-refractivity contribution in [3.63, 3.8) is 0 Å². The first-order chi connectivity index (χ1) is 9.97. The molecule has 4 unspecified atom stereocenters. The van der Waals surface area contributed by atoms with Crippen LogP contribution in [-0.4, -0.2) is 23.1 Å². The molecule has 2 aliphatic rings. The highest BCUT2D eigenvalue weighted by Gasteiger charge is 2.68. The number of hydrogen-bond donors (Lipinski definition) is 1. The van der Waals surface area contributed by atoms with Crippen molar-refractivity contribution in [3.05, 3.63) is 0 Å². The molecule has 0 heterocycles. The van der Waals surface area contributed by atoms with E-state index in [1.54, 1.807) is 0 Å². The lowest BCUT2D eigenvalue weighted by Gasteiger charge is -2.40. The number of ether oxygens (including phenoxy) is 1. The van der Waals surface area contributed by atoms with Gasteiger partial charge < -0.3 is 9.84 Å². The van der Waals surface area contributed by atoms with Gasteiger partial charge in [0.1, 0.15) is 6.10 Å². The van der Waals surface area contributed by atoms with E-state index < -0.39 is 11.4 Å². The molecule has 4 atom stereocenters. The summed E-state index contributed by atoms with van der Waals surface area (Å²) in [4.78, 5) is 23.8. The zero-order chi connectivity index (χ0) is 16.9. The van der Waals surface area contributed by atoms with Gasteiger partial charge in [-0.15, -0.1) is 0 Å². The van der Waals surface area contributed by atoms with Crippen molar-refractivity contribution in [2.24, 2.45) is 28.1 Å². The molecule has 0 aromatic carbocycles. The Morgan fingerprint density at radius 2 is 1.86 bits per heavy atom. The van der Waals surface area contributed by atoms with Crippen molar-refractivity contribution in [3.8, 4) is 0 Å². The Labute approximate surface area is 133 Å². The number of rotatable bonds is 5. The van der Waals surface area contributed by atoms with Gasteiger partial charge in [0.15, 0.2) is 0 Å². The second kappa shape index (κ2) is 5.24. The van der Waals surface area contributed by atoms with Gasteiger partial charge in [-0.25, -0.2) is 0 Å². The van der Waals surface area contributed by atoms with E-state index in [2.05, 4.69) is 20.8 Å². The number of carboxylic acid groups (broad SMARTS) is 1. The molecule has 0 saturated heterocycles. The molecular formula is C18H30O4. The maximum atomic E-state index is 12.5. The number of carbonyl (C=O) groups is 2. The molecular weight excluding hydrogens is 280 g/mol. The molecule has 0 spiro atoms. The van der Waals surface area contributed by atoms with Crippen LogP contribution >= 0.6 is 0 Å². The molecule has 0 aromatic heterocycles. The van der Waals surface area contributed by atoms with E-state index in [9.17, 15) is 14.7 Å². The summed E-state index contributed by atoms with van der Waals surface area (Å²) in [5.74, 6) is -0.744. The third-order valence-corrected chi connectivity index (χ3v) is 6.99. The molecule has 2 bridgehead atoms. The fourth-order valence-corrected chi connectivity index (χ4v) is 4.59. The maximum Gasteiger partial charge on any atom is 0.311 e. The molecule has 22 heavy (non-hydrogen) atoms. The third-order valence-electron chi connectivity index (χ3n) is 6.99. The van der Waals surface area contributed by atoms with Crippen LogP contribution in [0.15, 0.2) is 0 Å². The highest BCUT2D eigenvalue weighted by atomic mass is 16.5. The predicted molar refractivity (Wildman–Crippen MR) is 84.3 cm³/mol. The average molecular weight is 310 g/mol. The number of aliphatic carboxylic acids is 1. The third kappa shape index (κ3) is 2.35. The van der Waals surface area contributed by atoms with Crippen LogP contribution in [-0.2, 0) is 14.3 Å². The van der Waals surface area contributed by atoms with Gasteiger partial charge in [-0.1, -0.05) is 27.7 Å². The van der Waals surface area contributed by atoms with E-state index in [-0.39, 0.29) is 35.2 Å². The molecule has 0 amide bonds. The van der Waals surface area contributed by atoms with Gasteiger partial charge in [0.05, 0.1) is 11.8 Å². The monoisotopic (exact) mass is 310 g/mol. The van der Waals surface area contributed by atoms with Crippen molar-refractivity contribution in [2.75, 3.05) is 0 Å². The number of carbonyl (C=O) groups excluding carboxylic acids is 1. The van der Waals surface area contributed by atoms with Crippen LogP contribution in [0.2, 0.25) is 0 Å². The summed E-state index contributed by atoms with van der Waals surface area (Å²) >= 11 is 0. The summed E-state index contributed by atoms with van der Waals surface area (Å²) in [6.07, 6.45) is 2.56. The minimum Gasteiger partial charge on any atom is -0.481 e. The molecule has 2 aliphatic carbocycles. The summed E-state index contributed by atoms with van der Waals surface area (Å²) in [6.45, 7) is 12.3. The first-order valence-electron chi connectivity index (χ1n) is 8.40. The van der Waals surface area contributed by atoms with E-state index in [0.29, 0.717) is 12.3 Å². The van der Waals surface area contributed by atoms with Gasteiger partial charge in [-0.2, -0.15) is 0 Å². The molecule has 0 aliphatic heterocycles. The lowest BCUT2D eigenvalue weighted by molar-refractivity contribution is -0.172. The van der Waals surface area contributed by atoms with E-state index in [1.165, 1.54) is 0 Å². The molecule has 4 heteroatoms. The number of esters is 1. The standard InChI is InChI=1S/C18H30O4/c1-7-16(2,3)15(21)22-14-11(10-13(19)20)12-8-9-18(14,6)17(12,4)5/h11-12,14H,7-10H2,1-6H3,(H,19,20). The van der Waals surface area contributed by atoms with E-state index in [4.69, 9.17) is 4.74 Å². The largest absolute Gasteiger partial charge is 0.481 e. The molecule has 0 aromatic rings. The summed E-state index contributed by atoms with van der Waals surface area (Å²) in [7, 11) is 0. The molecule has 0 radical (unpaired) electrons. The first-order valence-corrected chi connectivity index (χ1v) is 8.40. The Balaban J connectivity index is 2.30. The summed E-state index contributed by atoms with van der Waals surface area (Å²) in [5.41, 5.74) is -0.637. The highest BCUT2D eigenvalue weighted by Crippen LogP contribution is 2.69. The van der Waals surface area contributed by atoms with Gasteiger partial charge in [0.2, 0.25) is 0 Å². The molecule has 2 fully saturated rings. The predicted octanol–water partition coefficient (Wildman–Crippen LogP) is 3.88. The van der Waals surface area contributed by atoms with Crippen LogP contribution < -0.4 is 0 Å². The molecule has 2 rings (SSSR count). The van der Waals surface area contributed by atoms with Crippen LogP contribution in [0.3, 0.4) is 0 Å². The summed E-state index contributed by atoms with van der Waals surface area (Å²) < 4.78 is 5.95. The SMILES string of the molecule is CCC(C)(C)C(=O)OC1C(CC(=O)O)C2CCC1(C)C2(C)C. The number of carboxylic acids is 1. The van der Waals surface area contributed by atoms with Gasteiger partial charge in [0, 0.05) is 11.3 Å². The van der Waals surface area contributed by atoms with Crippen LogP contribution in [0.5, 0.6) is 0 Å². The van der Waals surface area contributed by atoms with Crippen molar-refractivity contribution in [1.82, 2.24) is 0 Å². The van der Waals surface area contributed by atoms with Crippen LogP contribution in [0.25, 0.3) is 0 Å². The normalized spacial score (nSPS) is 36.4. The molecule has 1 N–H and O–H groups in total. The minimum atomic E-state index is -0.798. The van der Waals surface area contributed by atoms with Gasteiger partial charge in [-0.05, 0) is 44.4 Å². The number of fused-ring (bicyclic) bond motifs is 2. The van der Waals surface area contributed by atoms with Crippen LogP contribution in [0.4, 0.5) is 0 Å². The lowest BCUT2D eigenvalue weighted by atomic mass is 9.70. The van der Waals surface area contributed by atoms with Gasteiger partial charge >= 0.3 is 11.9 Å². The Hall–Kier alpha value is -1.06. The van der Waals surface area contributed by atoms with Crippen molar-refractivity contribution >= 4 is 11.9 Å². The zero-order valence-electron chi connectivity index (χ0n) is 14.7. The Kier molecular flexibility index (Phi) is 4.12. The van der Waals surface area contributed by atoms with Crippen molar-refractivity contribution in [1.29, 1.82) is 0 Å². The Bertz CT molecular complexity index is 479. The van der Waals surface area contributed by atoms with E-state index in [0.717, 1.165) is 12.8 Å². The molecule has 4 nitrogen and oxygen atoms in total. The number of hydrogen-bond acceptors (Lipinski definition) is 3. The van der Waals surface area contributed by atoms with E-state index in [1.807, 2.05) is 20.8 Å². The maximum absolute atomic E-state index is 12.5.